The molecule has 2 saturated heterocycles. The summed E-state index contributed by atoms with van der Waals surface area (Å²) in [5.74, 6) is 2.24. The molecule has 0 N–H and O–H groups in total. The van der Waals surface area contributed by atoms with Crippen LogP contribution in [-0.4, -0.2) is 35.1 Å². The van der Waals surface area contributed by atoms with Gasteiger partial charge in [0, 0.05) is 0 Å². The summed E-state index contributed by atoms with van der Waals surface area (Å²) in [6.45, 7) is 5.40. The number of ether oxygens (including phenoxy) is 2. The van der Waals surface area contributed by atoms with Gasteiger partial charge in [0.05, 0.1) is 17.8 Å². The van der Waals surface area contributed by atoms with Crippen molar-refractivity contribution in [2.24, 2.45) is 0 Å². The molecule has 2 aliphatic rings. The molecule has 16 heavy (non-hydrogen) atoms. The highest BCUT2D eigenvalue weighted by molar-refractivity contribution is 8.17. The van der Waals surface area contributed by atoms with Gasteiger partial charge < -0.3 is 9.47 Å². The van der Waals surface area contributed by atoms with E-state index in [-0.39, 0.29) is 0 Å². The van der Waals surface area contributed by atoms with Crippen molar-refractivity contribution < 1.29 is 9.47 Å². The molecule has 0 spiro atoms. The molecule has 0 amide bonds. The molecule has 2 aliphatic heterocycles. The molecule has 0 atom stereocenters. The number of allylic oxidation sites excluding steroid dienone is 1. The average molecular weight is 260 g/mol. The Morgan fingerprint density at radius 2 is 1.88 bits per heavy atom. The van der Waals surface area contributed by atoms with Gasteiger partial charge >= 0.3 is 0 Å². The summed E-state index contributed by atoms with van der Waals surface area (Å²) in [7, 11) is 0. The van der Waals surface area contributed by atoms with Crippen molar-refractivity contribution in [3.8, 4) is 0 Å². The SMILES string of the molecule is CC1(C)OCC(=CCC2SCCCS2)CO1. The molecule has 0 aromatic rings. The van der Waals surface area contributed by atoms with Gasteiger partial charge in [-0.2, -0.15) is 0 Å². The molecule has 0 bridgehead atoms. The summed E-state index contributed by atoms with van der Waals surface area (Å²) in [4.78, 5) is 0. The molecule has 2 rings (SSSR count). The third kappa shape index (κ3) is 3.99. The summed E-state index contributed by atoms with van der Waals surface area (Å²) in [6.07, 6.45) is 4.83. The van der Waals surface area contributed by atoms with Gasteiger partial charge in [-0.1, -0.05) is 6.08 Å². The highest BCUT2D eigenvalue weighted by Crippen LogP contribution is 2.33. The van der Waals surface area contributed by atoms with E-state index in [4.69, 9.17) is 9.47 Å². The quantitative estimate of drug-likeness (QED) is 0.709. The first kappa shape index (κ1) is 12.8. The third-order valence-corrected chi connectivity index (χ3v) is 5.70. The van der Waals surface area contributed by atoms with E-state index in [0.717, 1.165) is 24.2 Å². The molecule has 0 radical (unpaired) electrons. The lowest BCUT2D eigenvalue weighted by Gasteiger charge is -2.32. The zero-order valence-corrected chi connectivity index (χ0v) is 11.7. The van der Waals surface area contributed by atoms with Crippen molar-refractivity contribution in [1.29, 1.82) is 0 Å². The lowest BCUT2D eigenvalue weighted by atomic mass is 10.2. The lowest BCUT2D eigenvalue weighted by Crippen LogP contribution is -2.35. The minimum atomic E-state index is -0.397. The Hall–Kier alpha value is 0.360. The Bertz CT molecular complexity index is 246. The molecule has 92 valence electrons. The van der Waals surface area contributed by atoms with E-state index < -0.39 is 5.79 Å². The normalized spacial score (nSPS) is 26.8. The maximum atomic E-state index is 5.61. The van der Waals surface area contributed by atoms with E-state index in [2.05, 4.69) is 29.6 Å². The van der Waals surface area contributed by atoms with E-state index in [9.17, 15) is 0 Å². The van der Waals surface area contributed by atoms with Gasteiger partial charge in [0.15, 0.2) is 5.79 Å². The lowest BCUT2D eigenvalue weighted by molar-refractivity contribution is -0.225. The van der Waals surface area contributed by atoms with Crippen LogP contribution in [0.1, 0.15) is 26.7 Å². The predicted molar refractivity (Wildman–Crippen MR) is 72.0 cm³/mol. The second-order valence-corrected chi connectivity index (χ2v) is 7.52. The fraction of sp³-hybridized carbons (Fsp3) is 0.833. The molecule has 0 aromatic heterocycles. The molecular weight excluding hydrogens is 240 g/mol. The Labute approximate surface area is 107 Å². The van der Waals surface area contributed by atoms with Crippen molar-refractivity contribution in [2.45, 2.75) is 37.1 Å². The molecule has 2 fully saturated rings. The van der Waals surface area contributed by atoms with Gasteiger partial charge in [-0.15, -0.1) is 23.5 Å². The van der Waals surface area contributed by atoms with Crippen molar-refractivity contribution >= 4 is 23.5 Å². The van der Waals surface area contributed by atoms with Crippen LogP contribution in [0.2, 0.25) is 0 Å². The van der Waals surface area contributed by atoms with E-state index in [0.29, 0.717) is 0 Å². The van der Waals surface area contributed by atoms with Crippen LogP contribution in [0.15, 0.2) is 11.6 Å². The molecule has 2 heterocycles. The molecule has 0 aliphatic carbocycles. The van der Waals surface area contributed by atoms with Gasteiger partial charge in [0.25, 0.3) is 0 Å². The first-order chi connectivity index (χ1) is 7.66. The van der Waals surface area contributed by atoms with Crippen molar-refractivity contribution in [2.75, 3.05) is 24.7 Å². The van der Waals surface area contributed by atoms with Crippen molar-refractivity contribution in [1.82, 2.24) is 0 Å². The van der Waals surface area contributed by atoms with Gasteiger partial charge in [-0.05, 0) is 43.8 Å². The summed E-state index contributed by atoms with van der Waals surface area (Å²) in [6, 6.07) is 0. The standard InChI is InChI=1S/C12H20O2S2/c1-12(2)13-8-10(9-14-12)4-5-11-15-6-3-7-16-11/h4,11H,3,5-9H2,1-2H3. The minimum Gasteiger partial charge on any atom is -0.346 e. The number of thioether (sulfide) groups is 2. The topological polar surface area (TPSA) is 18.5 Å². The highest BCUT2D eigenvalue weighted by Gasteiger charge is 2.24. The number of hydrogen-bond acceptors (Lipinski definition) is 4. The summed E-state index contributed by atoms with van der Waals surface area (Å²) in [5.41, 5.74) is 1.30. The molecule has 4 heteroatoms. The zero-order valence-electron chi connectivity index (χ0n) is 10.0. The van der Waals surface area contributed by atoms with Crippen LogP contribution in [0.25, 0.3) is 0 Å². The van der Waals surface area contributed by atoms with Crippen LogP contribution in [-0.2, 0) is 9.47 Å². The molecule has 0 unspecified atom stereocenters. The Morgan fingerprint density at radius 1 is 1.25 bits per heavy atom. The Kier molecular flexibility index (Phi) is 4.65. The van der Waals surface area contributed by atoms with Crippen LogP contribution in [0.3, 0.4) is 0 Å². The van der Waals surface area contributed by atoms with E-state index in [1.165, 1.54) is 23.5 Å². The first-order valence-electron chi connectivity index (χ1n) is 5.85. The van der Waals surface area contributed by atoms with E-state index in [1.807, 2.05) is 13.8 Å². The molecule has 0 saturated carbocycles. The Balaban J connectivity index is 1.75. The maximum absolute atomic E-state index is 5.61. The smallest absolute Gasteiger partial charge is 0.163 e. The number of hydrogen-bond donors (Lipinski definition) is 0. The fourth-order valence-electron chi connectivity index (χ4n) is 1.67. The average Bonchev–Trinajstić information content (AvgIpc) is 2.29. The summed E-state index contributed by atoms with van der Waals surface area (Å²) < 4.78 is 12.0. The van der Waals surface area contributed by atoms with Gasteiger partial charge in [-0.25, -0.2) is 0 Å². The van der Waals surface area contributed by atoms with Crippen molar-refractivity contribution in [3.63, 3.8) is 0 Å². The second kappa shape index (κ2) is 5.80. The molecule has 0 aromatic carbocycles. The Morgan fingerprint density at radius 3 is 2.50 bits per heavy atom. The summed E-state index contributed by atoms with van der Waals surface area (Å²) >= 11 is 4.18. The third-order valence-electron chi connectivity index (χ3n) is 2.71. The fourth-order valence-corrected chi connectivity index (χ4v) is 4.43. The van der Waals surface area contributed by atoms with Crippen molar-refractivity contribution in [3.05, 3.63) is 11.6 Å². The minimum absolute atomic E-state index is 0.397. The van der Waals surface area contributed by atoms with Crippen LogP contribution in [0.4, 0.5) is 0 Å². The van der Waals surface area contributed by atoms with Gasteiger partial charge in [0.2, 0.25) is 0 Å². The van der Waals surface area contributed by atoms with Gasteiger partial charge in [0.1, 0.15) is 0 Å². The highest BCUT2D eigenvalue weighted by atomic mass is 32.2. The zero-order chi connectivity index (χ0) is 11.4. The predicted octanol–water partition coefficient (Wildman–Crippen LogP) is 3.28. The van der Waals surface area contributed by atoms with E-state index >= 15 is 0 Å². The molecule has 2 nitrogen and oxygen atoms in total. The van der Waals surface area contributed by atoms with Crippen LogP contribution in [0.5, 0.6) is 0 Å². The largest absolute Gasteiger partial charge is 0.346 e. The first-order valence-corrected chi connectivity index (χ1v) is 7.94. The number of rotatable bonds is 2. The van der Waals surface area contributed by atoms with Crippen LogP contribution >= 0.6 is 23.5 Å². The van der Waals surface area contributed by atoms with Gasteiger partial charge in [-0.3, -0.25) is 0 Å². The van der Waals surface area contributed by atoms with Crippen LogP contribution in [0, 0.1) is 0 Å². The van der Waals surface area contributed by atoms with E-state index in [1.54, 1.807) is 0 Å². The van der Waals surface area contributed by atoms with Crippen LogP contribution < -0.4 is 0 Å². The summed E-state index contributed by atoms with van der Waals surface area (Å²) in [5, 5.41) is 0. The monoisotopic (exact) mass is 260 g/mol. The molecular formula is C12H20O2S2. The second-order valence-electron chi connectivity index (χ2n) is 4.60. The maximum Gasteiger partial charge on any atom is 0.163 e.